The summed E-state index contributed by atoms with van der Waals surface area (Å²) in [6.45, 7) is 6.24. The van der Waals surface area contributed by atoms with Crippen molar-refractivity contribution in [3.8, 4) is 0 Å². The van der Waals surface area contributed by atoms with Gasteiger partial charge < -0.3 is 9.94 Å². The Balaban J connectivity index is 4.57. The second-order valence-corrected chi connectivity index (χ2v) is 3.50. The number of carboxylic acid groups (broad SMARTS) is 1. The number of carbonyl (C=O) groups is 2. The summed E-state index contributed by atoms with van der Waals surface area (Å²) in [6.07, 6.45) is 0. The van der Waals surface area contributed by atoms with Crippen molar-refractivity contribution in [2.45, 2.75) is 33.3 Å². The van der Waals surface area contributed by atoms with Crippen LogP contribution in [0.15, 0.2) is 5.16 Å². The molecule has 0 aliphatic heterocycles. The molecule has 1 N–H and O–H groups in total. The zero-order valence-electron chi connectivity index (χ0n) is 8.12. The van der Waals surface area contributed by atoms with Crippen LogP contribution in [0.2, 0.25) is 0 Å². The van der Waals surface area contributed by atoms with Crippen LogP contribution in [0.3, 0.4) is 0 Å². The third kappa shape index (κ3) is 4.95. The van der Waals surface area contributed by atoms with Crippen molar-refractivity contribution in [3.05, 3.63) is 0 Å². The van der Waals surface area contributed by atoms with Gasteiger partial charge in [-0.2, -0.15) is 0 Å². The number of ketones is 1. The number of aliphatic carboxylic acids is 1. The Morgan fingerprint density at radius 2 is 1.77 bits per heavy atom. The summed E-state index contributed by atoms with van der Waals surface area (Å²) < 4.78 is 0. The Morgan fingerprint density at radius 1 is 1.31 bits per heavy atom. The van der Waals surface area contributed by atoms with Gasteiger partial charge in [0.25, 0.3) is 0 Å². The van der Waals surface area contributed by atoms with Crippen molar-refractivity contribution >= 4 is 17.5 Å². The highest BCUT2D eigenvalue weighted by atomic mass is 16.6. The number of Topliss-reactive ketones (excluding diaryl/α,β-unsaturated/α-hetero) is 1. The van der Waals surface area contributed by atoms with Gasteiger partial charge in [-0.25, -0.2) is 4.79 Å². The summed E-state index contributed by atoms with van der Waals surface area (Å²) >= 11 is 0. The van der Waals surface area contributed by atoms with Crippen LogP contribution in [-0.2, 0) is 14.4 Å². The molecule has 0 aliphatic carbocycles. The molecule has 0 aromatic carbocycles. The minimum absolute atomic E-state index is 0.588. The molecule has 0 saturated carbocycles. The molecular formula is C8H13NO4. The largest absolute Gasteiger partial charge is 0.476 e. The van der Waals surface area contributed by atoms with Crippen molar-refractivity contribution in [3.63, 3.8) is 0 Å². The molecule has 0 unspecified atom stereocenters. The van der Waals surface area contributed by atoms with Crippen LogP contribution in [0.4, 0.5) is 0 Å². The molecule has 0 fully saturated rings. The second kappa shape index (κ2) is 4.02. The van der Waals surface area contributed by atoms with Crippen molar-refractivity contribution in [1.29, 1.82) is 0 Å². The van der Waals surface area contributed by atoms with E-state index < -0.39 is 23.1 Å². The topological polar surface area (TPSA) is 76.0 Å². The number of carbonyl (C=O) groups excluding carboxylic acids is 1. The molecule has 0 atom stereocenters. The first-order chi connectivity index (χ1) is 5.74. The van der Waals surface area contributed by atoms with Crippen molar-refractivity contribution in [2.75, 3.05) is 0 Å². The fourth-order valence-corrected chi connectivity index (χ4v) is 0.436. The van der Waals surface area contributed by atoms with Crippen LogP contribution in [0.5, 0.6) is 0 Å². The lowest BCUT2D eigenvalue weighted by Gasteiger charge is -2.15. The van der Waals surface area contributed by atoms with Gasteiger partial charge in [-0.05, 0) is 20.8 Å². The first-order valence-corrected chi connectivity index (χ1v) is 3.74. The summed E-state index contributed by atoms with van der Waals surface area (Å²) in [5.41, 5.74) is -1.19. The van der Waals surface area contributed by atoms with Crippen LogP contribution in [0.1, 0.15) is 27.7 Å². The second-order valence-electron chi connectivity index (χ2n) is 3.50. The molecule has 0 amide bonds. The SMILES string of the molecule is CC(=O)/C(=N/OC(C)(C)C)C(=O)O. The highest BCUT2D eigenvalue weighted by Gasteiger charge is 2.18. The normalized spacial score (nSPS) is 12.5. The smallest absolute Gasteiger partial charge is 0.361 e. The number of hydrogen-bond donors (Lipinski definition) is 1. The fraction of sp³-hybridized carbons (Fsp3) is 0.625. The van der Waals surface area contributed by atoms with E-state index in [1.165, 1.54) is 0 Å². The first-order valence-electron chi connectivity index (χ1n) is 3.74. The molecule has 0 heterocycles. The average Bonchev–Trinajstić information content (AvgIpc) is 1.82. The third-order valence-electron chi connectivity index (χ3n) is 0.947. The Hall–Kier alpha value is -1.39. The summed E-state index contributed by atoms with van der Waals surface area (Å²) in [6, 6.07) is 0. The predicted molar refractivity (Wildman–Crippen MR) is 46.6 cm³/mol. The summed E-state index contributed by atoms with van der Waals surface area (Å²) in [4.78, 5) is 25.9. The average molecular weight is 187 g/mol. The molecule has 13 heavy (non-hydrogen) atoms. The zero-order valence-corrected chi connectivity index (χ0v) is 8.12. The maximum absolute atomic E-state index is 10.7. The molecule has 0 spiro atoms. The van der Waals surface area contributed by atoms with Gasteiger partial charge in [0.15, 0.2) is 5.78 Å². The van der Waals surface area contributed by atoms with E-state index in [1.54, 1.807) is 20.8 Å². The van der Waals surface area contributed by atoms with E-state index in [9.17, 15) is 9.59 Å². The summed E-state index contributed by atoms with van der Waals surface area (Å²) in [5.74, 6) is -2.01. The van der Waals surface area contributed by atoms with E-state index in [-0.39, 0.29) is 0 Å². The Labute approximate surface area is 76.4 Å². The number of rotatable bonds is 3. The molecule has 0 aromatic rings. The van der Waals surface area contributed by atoms with Crippen LogP contribution in [-0.4, -0.2) is 28.2 Å². The summed E-state index contributed by atoms with van der Waals surface area (Å²) in [5, 5.41) is 11.8. The Bertz CT molecular complexity index is 233. The Morgan fingerprint density at radius 3 is 2.00 bits per heavy atom. The lowest BCUT2D eigenvalue weighted by Crippen LogP contribution is -2.24. The number of hydrogen-bond acceptors (Lipinski definition) is 4. The number of nitrogens with zero attached hydrogens (tertiary/aromatic N) is 1. The van der Waals surface area contributed by atoms with E-state index in [1.807, 2.05) is 0 Å². The molecule has 0 aromatic heterocycles. The summed E-state index contributed by atoms with van der Waals surface area (Å²) in [7, 11) is 0. The highest BCUT2D eigenvalue weighted by Crippen LogP contribution is 2.07. The van der Waals surface area contributed by atoms with E-state index in [4.69, 9.17) is 9.94 Å². The van der Waals surface area contributed by atoms with Gasteiger partial charge in [-0.3, -0.25) is 4.79 Å². The fourth-order valence-electron chi connectivity index (χ4n) is 0.436. The molecule has 0 aliphatic rings. The monoisotopic (exact) mass is 187 g/mol. The van der Waals surface area contributed by atoms with E-state index in [2.05, 4.69) is 5.16 Å². The maximum Gasteiger partial charge on any atom is 0.361 e. The van der Waals surface area contributed by atoms with Crippen molar-refractivity contribution < 1.29 is 19.5 Å². The molecule has 0 bridgehead atoms. The zero-order chi connectivity index (χ0) is 10.6. The van der Waals surface area contributed by atoms with E-state index >= 15 is 0 Å². The lowest BCUT2D eigenvalue weighted by atomic mass is 10.2. The van der Waals surface area contributed by atoms with Gasteiger partial charge in [-0.1, -0.05) is 5.16 Å². The third-order valence-corrected chi connectivity index (χ3v) is 0.947. The number of carboxylic acids is 1. The molecular weight excluding hydrogens is 174 g/mol. The van der Waals surface area contributed by atoms with Crippen molar-refractivity contribution in [2.24, 2.45) is 5.16 Å². The minimum Gasteiger partial charge on any atom is -0.476 e. The van der Waals surface area contributed by atoms with Gasteiger partial charge >= 0.3 is 5.97 Å². The molecule has 0 rings (SSSR count). The van der Waals surface area contributed by atoms with E-state index in [0.717, 1.165) is 6.92 Å². The Kier molecular flexibility index (Phi) is 3.59. The van der Waals surface area contributed by atoms with Gasteiger partial charge in [0.05, 0.1) is 0 Å². The van der Waals surface area contributed by atoms with E-state index in [0.29, 0.717) is 0 Å². The number of oxime groups is 1. The van der Waals surface area contributed by atoms with Gasteiger partial charge in [-0.15, -0.1) is 0 Å². The molecule has 5 nitrogen and oxygen atoms in total. The van der Waals surface area contributed by atoms with Crippen LogP contribution in [0.25, 0.3) is 0 Å². The lowest BCUT2D eigenvalue weighted by molar-refractivity contribution is -0.130. The predicted octanol–water partition coefficient (Wildman–Crippen LogP) is 0.831. The quantitative estimate of drug-likeness (QED) is 0.403. The van der Waals surface area contributed by atoms with Crippen LogP contribution in [0, 0.1) is 0 Å². The first kappa shape index (κ1) is 11.6. The standard InChI is InChI=1S/C8H13NO4/c1-5(10)6(7(11)12)9-13-8(2,3)4/h1-4H3,(H,11,12)/b9-6-. The van der Waals surface area contributed by atoms with Crippen LogP contribution < -0.4 is 0 Å². The van der Waals surface area contributed by atoms with Gasteiger partial charge in [0, 0.05) is 6.92 Å². The van der Waals surface area contributed by atoms with Gasteiger partial charge in [0.2, 0.25) is 5.71 Å². The molecule has 0 radical (unpaired) electrons. The van der Waals surface area contributed by atoms with Crippen molar-refractivity contribution in [1.82, 2.24) is 0 Å². The van der Waals surface area contributed by atoms with Crippen LogP contribution >= 0.6 is 0 Å². The minimum atomic E-state index is -1.38. The van der Waals surface area contributed by atoms with Gasteiger partial charge in [0.1, 0.15) is 5.60 Å². The molecule has 74 valence electrons. The maximum atomic E-state index is 10.7. The highest BCUT2D eigenvalue weighted by molar-refractivity contribution is 6.63. The molecule has 5 heteroatoms. The molecule has 0 saturated heterocycles.